The van der Waals surface area contributed by atoms with Gasteiger partial charge in [0.1, 0.15) is 0 Å². The zero-order chi connectivity index (χ0) is 20.5. The van der Waals surface area contributed by atoms with Crippen LogP contribution in [0.1, 0.15) is 43.5 Å². The highest BCUT2D eigenvalue weighted by atomic mass is 32.2. The summed E-state index contributed by atoms with van der Waals surface area (Å²) in [4.78, 5) is 43.4. The summed E-state index contributed by atoms with van der Waals surface area (Å²) >= 11 is 2.78. The second kappa shape index (κ2) is 8.50. The van der Waals surface area contributed by atoms with E-state index in [0.29, 0.717) is 27.6 Å². The number of amides is 1. The molecule has 0 spiro atoms. The Kier molecular flexibility index (Phi) is 5.99. The molecule has 0 N–H and O–H groups in total. The first-order valence-electron chi connectivity index (χ1n) is 9.93. The Balaban J connectivity index is 1.68. The molecule has 2 atom stereocenters. The normalized spacial score (nSPS) is 25.4. The SMILES string of the molecule is CC1CCCC(C)N1CC(=O)N1CC(=O)C(=C2SC=CS2)C(=O)c2ccccc21. The van der Waals surface area contributed by atoms with Crippen LogP contribution in [0.15, 0.2) is 44.9 Å². The van der Waals surface area contributed by atoms with Crippen LogP contribution >= 0.6 is 23.5 Å². The van der Waals surface area contributed by atoms with Gasteiger partial charge in [0.2, 0.25) is 5.91 Å². The molecule has 0 aromatic heterocycles. The number of nitrogens with zero attached hydrogens (tertiary/aromatic N) is 2. The molecule has 152 valence electrons. The lowest BCUT2D eigenvalue weighted by Crippen LogP contribution is -2.50. The fourth-order valence-corrected chi connectivity index (χ4v) is 6.15. The van der Waals surface area contributed by atoms with Crippen molar-refractivity contribution >= 4 is 46.7 Å². The van der Waals surface area contributed by atoms with Crippen molar-refractivity contribution in [2.45, 2.75) is 45.2 Å². The summed E-state index contributed by atoms with van der Waals surface area (Å²) in [5, 5.41) is 3.73. The summed E-state index contributed by atoms with van der Waals surface area (Å²) in [5.41, 5.74) is 1.15. The zero-order valence-corrected chi connectivity index (χ0v) is 18.2. The van der Waals surface area contributed by atoms with Crippen LogP contribution in [-0.4, -0.2) is 47.5 Å². The van der Waals surface area contributed by atoms with Crippen molar-refractivity contribution in [2.75, 3.05) is 18.0 Å². The van der Waals surface area contributed by atoms with Crippen LogP contribution in [0, 0.1) is 0 Å². The van der Waals surface area contributed by atoms with E-state index in [1.54, 1.807) is 18.2 Å². The van der Waals surface area contributed by atoms with E-state index in [1.807, 2.05) is 16.9 Å². The first kappa shape index (κ1) is 20.4. The maximum atomic E-state index is 13.3. The molecule has 5 nitrogen and oxygen atoms in total. The van der Waals surface area contributed by atoms with E-state index in [-0.39, 0.29) is 36.1 Å². The van der Waals surface area contributed by atoms with Gasteiger partial charge in [-0.05, 0) is 49.6 Å². The van der Waals surface area contributed by atoms with Gasteiger partial charge in [-0.1, -0.05) is 42.1 Å². The van der Waals surface area contributed by atoms with Crippen LogP contribution in [0.4, 0.5) is 5.69 Å². The van der Waals surface area contributed by atoms with Crippen molar-refractivity contribution in [1.82, 2.24) is 4.90 Å². The molecular weight excluding hydrogens is 404 g/mol. The van der Waals surface area contributed by atoms with Crippen LogP contribution in [0.25, 0.3) is 0 Å². The molecule has 3 aliphatic rings. The van der Waals surface area contributed by atoms with Crippen molar-refractivity contribution in [3.63, 3.8) is 0 Å². The van der Waals surface area contributed by atoms with Crippen LogP contribution in [-0.2, 0) is 9.59 Å². The van der Waals surface area contributed by atoms with E-state index >= 15 is 0 Å². The van der Waals surface area contributed by atoms with Crippen molar-refractivity contribution in [3.8, 4) is 0 Å². The standard InChI is InChI=1S/C22H24N2O3S2/c1-14-6-5-7-15(2)23(14)13-19(26)24-12-18(25)20(22-28-10-11-29-22)21(27)16-8-3-4-9-17(16)24/h3-4,8-11,14-15H,5-7,12-13H2,1-2H3. The number of anilines is 1. The second-order valence-corrected chi connectivity index (χ2v) is 9.81. The summed E-state index contributed by atoms with van der Waals surface area (Å²) in [5.74, 6) is -0.715. The molecule has 2 unspecified atom stereocenters. The van der Waals surface area contributed by atoms with Gasteiger partial charge in [-0.2, -0.15) is 0 Å². The number of ketones is 2. The van der Waals surface area contributed by atoms with Gasteiger partial charge in [0.25, 0.3) is 0 Å². The smallest absolute Gasteiger partial charge is 0.241 e. The molecule has 0 radical (unpaired) electrons. The molecule has 3 aliphatic heterocycles. The number of hydrogen-bond donors (Lipinski definition) is 0. The molecule has 0 saturated carbocycles. The second-order valence-electron chi connectivity index (χ2n) is 7.72. The van der Waals surface area contributed by atoms with E-state index in [4.69, 9.17) is 0 Å². The lowest BCUT2D eigenvalue weighted by Gasteiger charge is -2.39. The van der Waals surface area contributed by atoms with Crippen LogP contribution < -0.4 is 4.90 Å². The number of fused-ring (bicyclic) bond motifs is 1. The molecule has 1 aromatic carbocycles. The lowest BCUT2D eigenvalue weighted by atomic mass is 9.97. The fourth-order valence-electron chi connectivity index (χ4n) is 4.25. The monoisotopic (exact) mass is 428 g/mol. The number of Topliss-reactive ketones (excluding diaryl/α,β-unsaturated/α-hetero) is 2. The Labute approximate surface area is 179 Å². The summed E-state index contributed by atoms with van der Waals surface area (Å²) in [6.45, 7) is 4.46. The summed E-state index contributed by atoms with van der Waals surface area (Å²) < 4.78 is 0.697. The Hall–Kier alpha value is -1.83. The van der Waals surface area contributed by atoms with Crippen molar-refractivity contribution in [1.29, 1.82) is 0 Å². The minimum atomic E-state index is -0.294. The maximum Gasteiger partial charge on any atom is 0.241 e. The first-order valence-corrected chi connectivity index (χ1v) is 11.7. The first-order chi connectivity index (χ1) is 14.0. The third-order valence-corrected chi connectivity index (χ3v) is 7.98. The number of piperidine rings is 1. The predicted molar refractivity (Wildman–Crippen MR) is 119 cm³/mol. The highest BCUT2D eigenvalue weighted by molar-refractivity contribution is 8.27. The largest absolute Gasteiger partial charge is 0.303 e. The van der Waals surface area contributed by atoms with Crippen molar-refractivity contribution in [3.05, 3.63) is 50.5 Å². The number of thioether (sulfide) groups is 2. The van der Waals surface area contributed by atoms with Gasteiger partial charge in [0, 0.05) is 17.6 Å². The quantitative estimate of drug-likeness (QED) is 0.520. The molecule has 4 rings (SSSR count). The minimum Gasteiger partial charge on any atom is -0.303 e. The van der Waals surface area contributed by atoms with Crippen LogP contribution in [0.3, 0.4) is 0 Å². The number of carbonyl (C=O) groups excluding carboxylic acids is 3. The molecule has 1 saturated heterocycles. The van der Waals surface area contributed by atoms with Crippen molar-refractivity contribution < 1.29 is 14.4 Å². The zero-order valence-electron chi connectivity index (χ0n) is 16.6. The van der Waals surface area contributed by atoms with Gasteiger partial charge in [-0.3, -0.25) is 19.3 Å². The lowest BCUT2D eigenvalue weighted by molar-refractivity contribution is -0.123. The molecule has 0 aliphatic carbocycles. The van der Waals surface area contributed by atoms with Gasteiger partial charge in [0.15, 0.2) is 11.6 Å². The molecule has 0 bridgehead atoms. The Morgan fingerprint density at radius 3 is 2.41 bits per heavy atom. The maximum absolute atomic E-state index is 13.3. The summed E-state index contributed by atoms with van der Waals surface area (Å²) in [7, 11) is 0. The Morgan fingerprint density at radius 1 is 1.07 bits per heavy atom. The van der Waals surface area contributed by atoms with E-state index in [0.717, 1.165) is 12.8 Å². The van der Waals surface area contributed by atoms with Crippen molar-refractivity contribution in [2.24, 2.45) is 0 Å². The summed E-state index contributed by atoms with van der Waals surface area (Å²) in [6.07, 6.45) is 3.32. The third kappa shape index (κ3) is 3.96. The van der Waals surface area contributed by atoms with Crippen LogP contribution in [0.5, 0.6) is 0 Å². The molecule has 29 heavy (non-hydrogen) atoms. The molecular formula is C22H24N2O3S2. The summed E-state index contributed by atoms with van der Waals surface area (Å²) in [6, 6.07) is 7.72. The average molecular weight is 429 g/mol. The van der Waals surface area contributed by atoms with Gasteiger partial charge < -0.3 is 4.90 Å². The predicted octanol–water partition coefficient (Wildman–Crippen LogP) is 4.21. The van der Waals surface area contributed by atoms with Gasteiger partial charge in [-0.15, -0.1) is 0 Å². The Morgan fingerprint density at radius 2 is 1.72 bits per heavy atom. The minimum absolute atomic E-state index is 0.0991. The highest BCUT2D eigenvalue weighted by Crippen LogP contribution is 2.42. The third-order valence-electron chi connectivity index (χ3n) is 5.85. The highest BCUT2D eigenvalue weighted by Gasteiger charge is 2.36. The van der Waals surface area contributed by atoms with E-state index in [9.17, 15) is 14.4 Å². The number of benzene rings is 1. The number of rotatable bonds is 2. The van der Waals surface area contributed by atoms with E-state index in [1.165, 1.54) is 34.8 Å². The van der Waals surface area contributed by atoms with Gasteiger partial charge >= 0.3 is 0 Å². The number of carbonyl (C=O) groups is 3. The fraction of sp³-hybridized carbons (Fsp3) is 0.409. The average Bonchev–Trinajstić information content (AvgIpc) is 3.19. The van der Waals surface area contributed by atoms with Gasteiger partial charge in [0.05, 0.1) is 28.6 Å². The molecule has 7 heteroatoms. The molecule has 1 aromatic rings. The number of para-hydroxylation sites is 1. The van der Waals surface area contributed by atoms with Crippen LogP contribution in [0.2, 0.25) is 0 Å². The van der Waals surface area contributed by atoms with E-state index < -0.39 is 0 Å². The van der Waals surface area contributed by atoms with E-state index in [2.05, 4.69) is 18.7 Å². The molecule has 1 amide bonds. The topological polar surface area (TPSA) is 57.7 Å². The molecule has 3 heterocycles. The molecule has 1 fully saturated rings. The Bertz CT molecular complexity index is 904. The number of likely N-dealkylation sites (tertiary alicyclic amines) is 1. The van der Waals surface area contributed by atoms with Gasteiger partial charge in [-0.25, -0.2) is 0 Å². The number of hydrogen-bond acceptors (Lipinski definition) is 6.